The predicted octanol–water partition coefficient (Wildman–Crippen LogP) is 2.23. The van der Waals surface area contributed by atoms with Crippen LogP contribution in [0.5, 0.6) is 0 Å². The normalized spacial score (nSPS) is 11.8. The van der Waals surface area contributed by atoms with Crippen LogP contribution in [0, 0.1) is 6.92 Å². The van der Waals surface area contributed by atoms with E-state index < -0.39 is 23.4 Å². The van der Waals surface area contributed by atoms with E-state index in [0.717, 1.165) is 6.20 Å². The highest BCUT2D eigenvalue weighted by Gasteiger charge is 2.39. The maximum Gasteiger partial charge on any atom is 0.434 e. The summed E-state index contributed by atoms with van der Waals surface area (Å²) in [5, 5.41) is 3.71. The molecule has 2 aromatic heterocycles. The highest BCUT2D eigenvalue weighted by Crippen LogP contribution is 2.32. The summed E-state index contributed by atoms with van der Waals surface area (Å²) in [7, 11) is 0. The number of fused-ring (bicyclic) bond motifs is 1. The number of carbonyl (C=O) groups excluding carboxylic acids is 1. The molecule has 0 atom stereocenters. The standard InChI is InChI=1S/C11H10F3N3O2/c1-3-19-10(18)7-5-15-8-4-6(2)16-17(8)9(7)11(12,13)14/h4-5H,3H2,1-2H3. The number of carbonyl (C=O) groups is 1. The summed E-state index contributed by atoms with van der Waals surface area (Å²) >= 11 is 0. The van der Waals surface area contributed by atoms with Gasteiger partial charge in [0.05, 0.1) is 12.3 Å². The van der Waals surface area contributed by atoms with Crippen molar-refractivity contribution < 1.29 is 22.7 Å². The van der Waals surface area contributed by atoms with Crippen molar-refractivity contribution in [2.45, 2.75) is 20.0 Å². The number of aromatic nitrogens is 3. The van der Waals surface area contributed by atoms with E-state index in [2.05, 4.69) is 14.8 Å². The topological polar surface area (TPSA) is 56.5 Å². The van der Waals surface area contributed by atoms with Crippen LogP contribution >= 0.6 is 0 Å². The Morgan fingerprint density at radius 3 is 2.74 bits per heavy atom. The fourth-order valence-electron chi connectivity index (χ4n) is 1.68. The minimum Gasteiger partial charge on any atom is -0.462 e. The Hall–Kier alpha value is -2.12. The number of alkyl halides is 3. The third-order valence-corrected chi connectivity index (χ3v) is 2.37. The smallest absolute Gasteiger partial charge is 0.434 e. The lowest BCUT2D eigenvalue weighted by molar-refractivity contribution is -0.143. The number of ether oxygens (including phenoxy) is 1. The van der Waals surface area contributed by atoms with Crippen molar-refractivity contribution in [1.82, 2.24) is 14.6 Å². The third kappa shape index (κ3) is 2.38. The average Bonchev–Trinajstić information content (AvgIpc) is 2.66. The molecule has 0 saturated heterocycles. The average molecular weight is 273 g/mol. The van der Waals surface area contributed by atoms with Crippen LogP contribution in [0.3, 0.4) is 0 Å². The minimum atomic E-state index is -4.73. The van der Waals surface area contributed by atoms with E-state index in [1.165, 1.54) is 13.0 Å². The van der Waals surface area contributed by atoms with Crippen LogP contribution < -0.4 is 0 Å². The van der Waals surface area contributed by atoms with Gasteiger partial charge in [0.15, 0.2) is 11.3 Å². The molecule has 0 amide bonds. The van der Waals surface area contributed by atoms with Gasteiger partial charge in [-0.3, -0.25) is 0 Å². The van der Waals surface area contributed by atoms with Crippen LogP contribution in [0.15, 0.2) is 12.3 Å². The van der Waals surface area contributed by atoms with Gasteiger partial charge in [0.25, 0.3) is 0 Å². The molecule has 0 aliphatic carbocycles. The Morgan fingerprint density at radius 2 is 2.16 bits per heavy atom. The molecule has 2 rings (SSSR count). The van der Waals surface area contributed by atoms with Gasteiger partial charge in [-0.2, -0.15) is 18.3 Å². The van der Waals surface area contributed by atoms with Gasteiger partial charge in [-0.15, -0.1) is 0 Å². The van der Waals surface area contributed by atoms with Gasteiger partial charge >= 0.3 is 12.1 Å². The molecule has 0 saturated carbocycles. The number of hydrogen-bond donors (Lipinski definition) is 0. The molecule has 0 fully saturated rings. The first-order valence-electron chi connectivity index (χ1n) is 5.44. The highest BCUT2D eigenvalue weighted by molar-refractivity contribution is 5.90. The number of hydrogen-bond acceptors (Lipinski definition) is 4. The summed E-state index contributed by atoms with van der Waals surface area (Å²) < 4.78 is 44.5. The molecule has 0 aliphatic heterocycles. The number of halogens is 3. The van der Waals surface area contributed by atoms with Crippen LogP contribution in [0.1, 0.15) is 28.7 Å². The molecule has 0 unspecified atom stereocenters. The zero-order chi connectivity index (χ0) is 14.2. The molecule has 0 bridgehead atoms. The Kier molecular flexibility index (Phi) is 3.17. The van der Waals surface area contributed by atoms with Crippen molar-refractivity contribution in [2.24, 2.45) is 0 Å². The van der Waals surface area contributed by atoms with Crippen LogP contribution in [-0.4, -0.2) is 27.2 Å². The fraction of sp³-hybridized carbons (Fsp3) is 0.364. The molecule has 102 valence electrons. The van der Waals surface area contributed by atoms with Gasteiger partial charge in [-0.25, -0.2) is 14.3 Å². The Morgan fingerprint density at radius 1 is 1.47 bits per heavy atom. The van der Waals surface area contributed by atoms with E-state index in [1.807, 2.05) is 0 Å². The van der Waals surface area contributed by atoms with Gasteiger partial charge in [-0.05, 0) is 13.8 Å². The SMILES string of the molecule is CCOC(=O)c1cnc2cc(C)nn2c1C(F)(F)F. The first-order valence-corrected chi connectivity index (χ1v) is 5.44. The zero-order valence-electron chi connectivity index (χ0n) is 10.2. The Balaban J connectivity index is 2.73. The predicted molar refractivity (Wildman–Crippen MR) is 58.7 cm³/mol. The van der Waals surface area contributed by atoms with E-state index in [4.69, 9.17) is 0 Å². The largest absolute Gasteiger partial charge is 0.462 e. The number of rotatable bonds is 2. The second kappa shape index (κ2) is 4.52. The maximum atomic E-state index is 13.1. The zero-order valence-corrected chi connectivity index (χ0v) is 10.2. The minimum absolute atomic E-state index is 0.0215. The number of aryl methyl sites for hydroxylation is 1. The Bertz CT molecular complexity index is 634. The first kappa shape index (κ1) is 13.3. The summed E-state index contributed by atoms with van der Waals surface area (Å²) in [6.45, 7) is 3.03. The van der Waals surface area contributed by atoms with Gasteiger partial charge < -0.3 is 4.74 Å². The quantitative estimate of drug-likeness (QED) is 0.787. The van der Waals surface area contributed by atoms with Crippen LogP contribution in [-0.2, 0) is 10.9 Å². The number of esters is 1. The summed E-state index contributed by atoms with van der Waals surface area (Å²) in [6, 6.07) is 1.39. The number of nitrogens with zero attached hydrogens (tertiary/aromatic N) is 3. The molecule has 5 nitrogen and oxygen atoms in total. The lowest BCUT2D eigenvalue weighted by Gasteiger charge is -2.12. The highest BCUT2D eigenvalue weighted by atomic mass is 19.4. The molecule has 0 spiro atoms. The lowest BCUT2D eigenvalue weighted by Crippen LogP contribution is -2.21. The van der Waals surface area contributed by atoms with Crippen molar-refractivity contribution in [2.75, 3.05) is 6.61 Å². The molecular formula is C11H10F3N3O2. The van der Waals surface area contributed by atoms with Crippen molar-refractivity contribution >= 4 is 11.6 Å². The van der Waals surface area contributed by atoms with Crippen LogP contribution in [0.4, 0.5) is 13.2 Å². The second-order valence-corrected chi connectivity index (χ2v) is 3.79. The van der Waals surface area contributed by atoms with Crippen LogP contribution in [0.2, 0.25) is 0 Å². The second-order valence-electron chi connectivity index (χ2n) is 3.79. The Labute approximate surface area is 106 Å². The van der Waals surface area contributed by atoms with E-state index in [0.29, 0.717) is 10.2 Å². The van der Waals surface area contributed by atoms with Crippen LogP contribution in [0.25, 0.3) is 5.65 Å². The molecule has 0 aliphatic rings. The fourth-order valence-corrected chi connectivity index (χ4v) is 1.68. The van der Waals surface area contributed by atoms with E-state index in [-0.39, 0.29) is 12.3 Å². The molecule has 2 aromatic rings. The first-order chi connectivity index (χ1) is 8.84. The maximum absolute atomic E-state index is 13.1. The van der Waals surface area contributed by atoms with Crippen molar-refractivity contribution in [3.05, 3.63) is 29.2 Å². The molecule has 0 radical (unpaired) electrons. The lowest BCUT2D eigenvalue weighted by atomic mass is 10.2. The van der Waals surface area contributed by atoms with Gasteiger partial charge in [-0.1, -0.05) is 0 Å². The summed E-state index contributed by atoms with van der Waals surface area (Å²) in [6.07, 6.45) is -3.88. The van der Waals surface area contributed by atoms with Crippen molar-refractivity contribution in [1.29, 1.82) is 0 Å². The molecular weight excluding hydrogens is 263 g/mol. The molecule has 19 heavy (non-hydrogen) atoms. The van der Waals surface area contributed by atoms with Crippen molar-refractivity contribution in [3.63, 3.8) is 0 Å². The van der Waals surface area contributed by atoms with E-state index in [1.54, 1.807) is 6.92 Å². The molecule has 8 heteroatoms. The van der Waals surface area contributed by atoms with Gasteiger partial charge in [0.2, 0.25) is 0 Å². The summed E-state index contributed by atoms with van der Waals surface area (Å²) in [5.74, 6) is -1.07. The molecule has 0 aromatic carbocycles. The van der Waals surface area contributed by atoms with Gasteiger partial charge in [0.1, 0.15) is 5.56 Å². The summed E-state index contributed by atoms with van der Waals surface area (Å²) in [5.41, 5.74) is -1.43. The van der Waals surface area contributed by atoms with E-state index in [9.17, 15) is 18.0 Å². The van der Waals surface area contributed by atoms with Crippen molar-refractivity contribution in [3.8, 4) is 0 Å². The van der Waals surface area contributed by atoms with Gasteiger partial charge in [0, 0.05) is 12.3 Å². The molecule has 0 N–H and O–H groups in total. The van der Waals surface area contributed by atoms with E-state index >= 15 is 0 Å². The monoisotopic (exact) mass is 273 g/mol. The molecule has 2 heterocycles. The summed E-state index contributed by atoms with van der Waals surface area (Å²) in [4.78, 5) is 15.3. The third-order valence-electron chi connectivity index (χ3n) is 2.37.